The Morgan fingerprint density at radius 3 is 2.47 bits per heavy atom. The van der Waals surface area contributed by atoms with Crippen LogP contribution in [0.1, 0.15) is 6.92 Å². The zero-order chi connectivity index (χ0) is 15.0. The maximum Gasteiger partial charge on any atom is 0.185 e. The largest absolute Gasteiger partial charge is 0.491 e. The van der Waals surface area contributed by atoms with E-state index in [0.29, 0.717) is 6.61 Å². The van der Waals surface area contributed by atoms with Gasteiger partial charge in [-0.1, -0.05) is 6.58 Å². The lowest BCUT2D eigenvalue weighted by Crippen LogP contribution is -2.44. The van der Waals surface area contributed by atoms with Gasteiger partial charge in [0, 0.05) is 0 Å². The van der Waals surface area contributed by atoms with E-state index in [0.717, 1.165) is 0 Å². The van der Waals surface area contributed by atoms with E-state index in [1.807, 2.05) is 0 Å². The highest BCUT2D eigenvalue weighted by molar-refractivity contribution is 5.96. The van der Waals surface area contributed by atoms with E-state index < -0.39 is 37.2 Å². The van der Waals surface area contributed by atoms with Crippen LogP contribution in [0.3, 0.4) is 0 Å². The van der Waals surface area contributed by atoms with Gasteiger partial charge in [-0.3, -0.25) is 9.79 Å². The summed E-state index contributed by atoms with van der Waals surface area (Å²) in [6.07, 6.45) is -5.26. The summed E-state index contributed by atoms with van der Waals surface area (Å²) in [5.41, 5.74) is 5.45. The highest BCUT2D eigenvalue weighted by Gasteiger charge is 2.29. The number of nitrogens with two attached hydrogens (primary N) is 1. The molecule has 0 saturated carbocycles. The molecule has 0 aliphatic rings. The second kappa shape index (κ2) is 8.59. The van der Waals surface area contributed by atoms with Crippen molar-refractivity contribution in [2.75, 3.05) is 19.8 Å². The van der Waals surface area contributed by atoms with Gasteiger partial charge in [-0.05, 0) is 6.92 Å². The Hall–Kier alpha value is -1.48. The van der Waals surface area contributed by atoms with Crippen LogP contribution in [0.15, 0.2) is 17.3 Å². The molecule has 0 amide bonds. The molecule has 0 aromatic rings. The molecule has 0 bridgehead atoms. The molecule has 0 spiro atoms. The SMILES string of the molecule is C=C(OCC)C(N)=NCC(=O)[C@H](O)[C@@H](O)[C@H](O)CO. The molecule has 0 heterocycles. The fourth-order valence-corrected chi connectivity index (χ4v) is 1.10. The number of ketones is 1. The van der Waals surface area contributed by atoms with E-state index in [1.54, 1.807) is 6.92 Å². The third kappa shape index (κ3) is 5.79. The number of carbonyl (C=O) groups is 1. The van der Waals surface area contributed by atoms with Gasteiger partial charge in [-0.15, -0.1) is 0 Å². The van der Waals surface area contributed by atoms with Crippen molar-refractivity contribution in [3.8, 4) is 0 Å². The van der Waals surface area contributed by atoms with E-state index in [2.05, 4.69) is 11.6 Å². The molecule has 0 aliphatic carbocycles. The molecular formula is C11H20N2O6. The van der Waals surface area contributed by atoms with Crippen molar-refractivity contribution in [1.82, 2.24) is 0 Å². The predicted molar refractivity (Wildman–Crippen MR) is 67.4 cm³/mol. The quantitative estimate of drug-likeness (QED) is 0.178. The number of amidine groups is 1. The summed E-state index contributed by atoms with van der Waals surface area (Å²) in [6.45, 7) is 4.25. The molecule has 8 heteroatoms. The molecule has 0 radical (unpaired) electrons. The minimum absolute atomic E-state index is 0.0976. The van der Waals surface area contributed by atoms with E-state index >= 15 is 0 Å². The van der Waals surface area contributed by atoms with Crippen molar-refractivity contribution in [3.05, 3.63) is 12.3 Å². The molecule has 110 valence electrons. The van der Waals surface area contributed by atoms with Crippen LogP contribution in [0.2, 0.25) is 0 Å². The zero-order valence-electron chi connectivity index (χ0n) is 10.7. The lowest BCUT2D eigenvalue weighted by atomic mass is 10.0. The van der Waals surface area contributed by atoms with Gasteiger partial charge in [0.15, 0.2) is 17.4 Å². The number of Topliss-reactive ketones (excluding diaryl/α,β-unsaturated/α-hetero) is 1. The van der Waals surface area contributed by atoms with E-state index in [4.69, 9.17) is 20.7 Å². The van der Waals surface area contributed by atoms with Gasteiger partial charge in [-0.25, -0.2) is 0 Å². The van der Waals surface area contributed by atoms with Crippen LogP contribution in [-0.2, 0) is 9.53 Å². The monoisotopic (exact) mass is 276 g/mol. The number of carbonyl (C=O) groups excluding carboxylic acids is 1. The molecule has 0 rings (SSSR count). The average Bonchev–Trinajstić information content (AvgIpc) is 2.41. The molecule has 19 heavy (non-hydrogen) atoms. The maximum absolute atomic E-state index is 11.5. The Morgan fingerprint density at radius 2 is 2.00 bits per heavy atom. The van der Waals surface area contributed by atoms with Crippen LogP contribution in [-0.4, -0.2) is 70.1 Å². The maximum atomic E-state index is 11.5. The molecule has 8 nitrogen and oxygen atoms in total. The summed E-state index contributed by atoms with van der Waals surface area (Å²) in [4.78, 5) is 15.1. The standard InChI is InChI=1S/C11H20N2O6/c1-3-19-6(2)11(12)13-4-7(15)9(17)10(18)8(16)5-14/h8-10,14,16-18H,2-5H2,1H3,(H2,12,13)/t8-,9+,10+/m1/s1. The van der Waals surface area contributed by atoms with Gasteiger partial charge in [0.05, 0.1) is 13.2 Å². The number of aliphatic hydroxyl groups excluding tert-OH is 4. The Kier molecular flexibility index (Phi) is 7.92. The van der Waals surface area contributed by atoms with Crippen molar-refractivity contribution in [1.29, 1.82) is 0 Å². The summed E-state index contributed by atoms with van der Waals surface area (Å²) >= 11 is 0. The number of aliphatic imine (C=N–C) groups is 1. The lowest BCUT2D eigenvalue weighted by Gasteiger charge is -2.19. The smallest absolute Gasteiger partial charge is 0.185 e. The van der Waals surface area contributed by atoms with Gasteiger partial charge in [0.25, 0.3) is 0 Å². The number of nitrogens with zero attached hydrogens (tertiary/aromatic N) is 1. The zero-order valence-corrected chi connectivity index (χ0v) is 10.7. The van der Waals surface area contributed by atoms with Crippen molar-refractivity contribution < 1.29 is 30.0 Å². The van der Waals surface area contributed by atoms with Gasteiger partial charge < -0.3 is 30.9 Å². The Balaban J connectivity index is 4.45. The normalized spacial score (nSPS) is 16.6. The lowest BCUT2D eigenvalue weighted by molar-refractivity contribution is -0.138. The predicted octanol–water partition coefficient (Wildman–Crippen LogP) is -2.46. The molecule has 0 fully saturated rings. The van der Waals surface area contributed by atoms with Crippen LogP contribution in [0.5, 0.6) is 0 Å². The summed E-state index contributed by atoms with van der Waals surface area (Å²) < 4.78 is 4.95. The Bertz CT molecular complexity index is 344. The first kappa shape index (κ1) is 17.5. The molecule has 3 atom stereocenters. The molecule has 0 unspecified atom stereocenters. The first-order valence-corrected chi connectivity index (χ1v) is 5.64. The average molecular weight is 276 g/mol. The van der Waals surface area contributed by atoms with Crippen LogP contribution >= 0.6 is 0 Å². The third-order valence-corrected chi connectivity index (χ3v) is 2.24. The minimum Gasteiger partial charge on any atom is -0.491 e. The van der Waals surface area contributed by atoms with Crippen LogP contribution in [0, 0.1) is 0 Å². The fourth-order valence-electron chi connectivity index (χ4n) is 1.10. The topological polar surface area (TPSA) is 146 Å². The third-order valence-electron chi connectivity index (χ3n) is 2.24. The van der Waals surface area contributed by atoms with Crippen molar-refractivity contribution in [2.24, 2.45) is 10.7 Å². The van der Waals surface area contributed by atoms with Crippen LogP contribution in [0.25, 0.3) is 0 Å². The van der Waals surface area contributed by atoms with E-state index in [1.165, 1.54) is 0 Å². The van der Waals surface area contributed by atoms with E-state index in [9.17, 15) is 15.0 Å². The molecule has 0 aromatic carbocycles. The first-order valence-electron chi connectivity index (χ1n) is 5.64. The summed E-state index contributed by atoms with van der Waals surface area (Å²) in [6, 6.07) is 0. The molecule has 0 saturated heterocycles. The number of aliphatic hydroxyl groups is 4. The molecular weight excluding hydrogens is 256 g/mol. The van der Waals surface area contributed by atoms with Crippen LogP contribution < -0.4 is 5.73 Å². The summed E-state index contributed by atoms with van der Waals surface area (Å²) in [7, 11) is 0. The second-order valence-electron chi connectivity index (χ2n) is 3.71. The molecule has 6 N–H and O–H groups in total. The first-order chi connectivity index (χ1) is 8.84. The van der Waals surface area contributed by atoms with Crippen molar-refractivity contribution >= 4 is 11.6 Å². The van der Waals surface area contributed by atoms with Gasteiger partial charge in [0.2, 0.25) is 0 Å². The second-order valence-corrected chi connectivity index (χ2v) is 3.71. The van der Waals surface area contributed by atoms with E-state index in [-0.39, 0.29) is 11.6 Å². The Morgan fingerprint density at radius 1 is 1.42 bits per heavy atom. The molecule has 0 aromatic heterocycles. The Labute approximate surface area is 110 Å². The number of hydrogen-bond donors (Lipinski definition) is 5. The number of rotatable bonds is 9. The fraction of sp³-hybridized carbons (Fsp3) is 0.636. The van der Waals surface area contributed by atoms with Gasteiger partial charge >= 0.3 is 0 Å². The minimum atomic E-state index is -1.86. The number of hydrogen-bond acceptors (Lipinski definition) is 7. The highest BCUT2D eigenvalue weighted by atomic mass is 16.5. The highest BCUT2D eigenvalue weighted by Crippen LogP contribution is 2.02. The molecule has 0 aliphatic heterocycles. The summed E-state index contributed by atoms with van der Waals surface area (Å²) in [5.74, 6) is -0.854. The number of ether oxygens (including phenoxy) is 1. The van der Waals surface area contributed by atoms with Crippen LogP contribution in [0.4, 0.5) is 0 Å². The van der Waals surface area contributed by atoms with Crippen molar-refractivity contribution in [3.63, 3.8) is 0 Å². The summed E-state index contributed by atoms with van der Waals surface area (Å²) in [5, 5.41) is 36.4. The van der Waals surface area contributed by atoms with Gasteiger partial charge in [0.1, 0.15) is 24.9 Å². The van der Waals surface area contributed by atoms with Crippen molar-refractivity contribution in [2.45, 2.75) is 25.2 Å². The van der Waals surface area contributed by atoms with Gasteiger partial charge in [-0.2, -0.15) is 0 Å².